The number of nitrogens with one attached hydrogen (secondary N) is 5. The van der Waals surface area contributed by atoms with Crippen LogP contribution in [-0.2, 0) is 31.3 Å². The van der Waals surface area contributed by atoms with Crippen LogP contribution in [0.25, 0.3) is 38.9 Å². The number of fused-ring (bicyclic) bond motifs is 3. The Morgan fingerprint density at radius 3 is 2.35 bits per heavy atom. The molecular weight excluding hydrogens is 893 g/mol. The molecule has 354 valence electrons. The van der Waals surface area contributed by atoms with Gasteiger partial charge >= 0.3 is 11.8 Å². The van der Waals surface area contributed by atoms with E-state index in [9.17, 15) is 37.5 Å². The number of ether oxygens (including phenoxy) is 1. The molecule has 69 heavy (non-hydrogen) atoms. The maximum atomic E-state index is 14.1. The van der Waals surface area contributed by atoms with E-state index in [1.165, 1.54) is 22.7 Å². The first-order valence-electron chi connectivity index (χ1n) is 21.9. The molecule has 4 amide bonds. The van der Waals surface area contributed by atoms with Crippen LogP contribution >= 0.6 is 0 Å². The SMILES string of the molecule is CC(F)(F)CN(CC(=O)Nc1ccc(COC(=O)NC2(c3ccc(-c4nc5ccn6c(=O)[nH]nc6c5cc4-c4ccccc4)cc3)CCC2)cc1)C(=O)CNC(=O)c1ccc(NCC(=O)CN)nc1. The highest BCUT2D eigenvalue weighted by atomic mass is 19.3. The molecule has 0 spiro atoms. The minimum atomic E-state index is -3.35. The fraction of sp³-hybridized carbons (Fsp3) is 0.245. The van der Waals surface area contributed by atoms with Crippen molar-refractivity contribution in [1.82, 2.24) is 40.1 Å². The average Bonchev–Trinajstić information content (AvgIpc) is 3.73. The Labute approximate surface area is 392 Å². The van der Waals surface area contributed by atoms with Gasteiger partial charge in [0, 0.05) is 41.5 Å². The normalized spacial score (nSPS) is 13.0. The van der Waals surface area contributed by atoms with Crippen LogP contribution in [0.4, 0.5) is 25.1 Å². The van der Waals surface area contributed by atoms with Gasteiger partial charge in [-0.25, -0.2) is 37.8 Å². The molecule has 7 N–H and O–H groups in total. The maximum absolute atomic E-state index is 14.1. The monoisotopic (exact) mass is 939 g/mol. The first-order chi connectivity index (χ1) is 33.2. The molecule has 8 rings (SSSR count). The molecule has 1 saturated carbocycles. The number of aromatic amines is 1. The molecule has 0 bridgehead atoms. The molecule has 3 aromatic carbocycles. The number of anilines is 2. The molecule has 1 aliphatic carbocycles. The Kier molecular flexibility index (Phi) is 13.8. The van der Waals surface area contributed by atoms with Gasteiger partial charge in [-0.15, -0.1) is 0 Å². The number of hydrogen-bond acceptors (Lipinski definition) is 12. The molecule has 4 aromatic heterocycles. The molecule has 0 radical (unpaired) electrons. The number of halogens is 2. The smallest absolute Gasteiger partial charge is 0.408 e. The Morgan fingerprint density at radius 1 is 0.928 bits per heavy atom. The van der Waals surface area contributed by atoms with E-state index in [0.717, 1.165) is 39.8 Å². The summed E-state index contributed by atoms with van der Waals surface area (Å²) in [5.74, 6) is -5.68. The number of carbonyl (C=O) groups is 5. The van der Waals surface area contributed by atoms with Crippen LogP contribution in [-0.4, -0.2) is 97.7 Å². The van der Waals surface area contributed by atoms with E-state index in [4.69, 9.17) is 15.5 Å². The number of nitrogens with zero attached hydrogens (tertiary/aromatic N) is 5. The number of H-pyrrole nitrogens is 1. The zero-order valence-electron chi connectivity index (χ0n) is 37.3. The van der Waals surface area contributed by atoms with E-state index in [-0.39, 0.29) is 36.7 Å². The Bertz CT molecular complexity index is 3080. The quantitative estimate of drug-likeness (QED) is 0.0634. The van der Waals surface area contributed by atoms with Crippen LogP contribution in [0.1, 0.15) is 47.7 Å². The summed E-state index contributed by atoms with van der Waals surface area (Å²) in [4.78, 5) is 85.3. The lowest BCUT2D eigenvalue weighted by Crippen LogP contribution is -2.50. The molecule has 20 heteroatoms. The largest absolute Gasteiger partial charge is 0.445 e. The fourth-order valence-corrected chi connectivity index (χ4v) is 7.90. The van der Waals surface area contributed by atoms with Crippen molar-refractivity contribution in [2.45, 2.75) is 44.3 Å². The standard InChI is InChI=1S/C49H47F2N11O7/c1-48(50,51)29-61(42(65)26-55-45(66)33-12-17-40(53-24-33)54-25-36(63)23-52)27-41(64)56-35-15-8-30(9-16-35)28-69-47(68)58-49(19-5-20-49)34-13-10-32(11-14-34)43-37(31-6-3-2-4-7-31)22-38-39(57-43)18-21-62-44(38)59-60-46(62)67/h2-4,6-18,21-22,24H,5,19-20,23,25-29,52H2,1H3,(H,53,54)(H,55,66)(H,56,64)(H,58,68)(H,60,67). The van der Waals surface area contributed by atoms with Gasteiger partial charge in [-0.1, -0.05) is 66.7 Å². The summed E-state index contributed by atoms with van der Waals surface area (Å²) in [6.07, 6.45) is 4.55. The lowest BCUT2D eigenvalue weighted by atomic mass is 9.71. The van der Waals surface area contributed by atoms with Crippen molar-refractivity contribution in [3.63, 3.8) is 0 Å². The van der Waals surface area contributed by atoms with Gasteiger partial charge < -0.3 is 36.6 Å². The molecule has 18 nitrogen and oxygen atoms in total. The number of rotatable bonds is 18. The van der Waals surface area contributed by atoms with Gasteiger partial charge in [-0.2, -0.15) is 5.10 Å². The van der Waals surface area contributed by atoms with Crippen molar-refractivity contribution < 1.29 is 37.5 Å². The fourth-order valence-electron chi connectivity index (χ4n) is 7.90. The highest BCUT2D eigenvalue weighted by Gasteiger charge is 2.40. The molecule has 1 aliphatic rings. The summed E-state index contributed by atoms with van der Waals surface area (Å²) < 4.78 is 35.3. The minimum absolute atomic E-state index is 0.0498. The average molecular weight is 940 g/mol. The number of alkyl halides is 2. The number of hydrogen-bond donors (Lipinski definition) is 6. The van der Waals surface area contributed by atoms with E-state index in [0.29, 0.717) is 52.9 Å². The molecule has 4 heterocycles. The second kappa shape index (κ2) is 20.2. The number of amides is 4. The summed E-state index contributed by atoms with van der Waals surface area (Å²) in [6, 6.07) is 30.7. The summed E-state index contributed by atoms with van der Waals surface area (Å²) in [5, 5.41) is 18.2. The zero-order chi connectivity index (χ0) is 48.7. The number of benzene rings is 3. The van der Waals surface area contributed by atoms with E-state index in [1.807, 2.05) is 60.7 Å². The third-order valence-corrected chi connectivity index (χ3v) is 11.6. The molecular formula is C49H47F2N11O7. The van der Waals surface area contributed by atoms with Gasteiger partial charge in [0.15, 0.2) is 11.4 Å². The summed E-state index contributed by atoms with van der Waals surface area (Å²) in [6.45, 7) is -2.16. The van der Waals surface area contributed by atoms with Gasteiger partial charge in [0.1, 0.15) is 19.0 Å². The number of alkyl carbamates (subject to hydrolysis) is 1. The van der Waals surface area contributed by atoms with Crippen molar-refractivity contribution in [3.8, 4) is 22.4 Å². The van der Waals surface area contributed by atoms with Crippen LogP contribution in [0.15, 0.2) is 120 Å². The number of ketones is 1. The number of aromatic nitrogens is 5. The zero-order valence-corrected chi connectivity index (χ0v) is 37.3. The van der Waals surface area contributed by atoms with Gasteiger partial charge in [-0.3, -0.25) is 19.2 Å². The molecule has 1 fully saturated rings. The Balaban J connectivity index is 0.850. The Hall–Kier alpha value is -8.39. The lowest BCUT2D eigenvalue weighted by Gasteiger charge is -2.42. The second-order valence-corrected chi connectivity index (χ2v) is 16.7. The topological polar surface area (TPSA) is 248 Å². The predicted octanol–water partition coefficient (Wildman–Crippen LogP) is 5.40. The number of nitrogens with two attached hydrogens (primary N) is 1. The lowest BCUT2D eigenvalue weighted by molar-refractivity contribution is -0.138. The number of carbonyl (C=O) groups excluding carboxylic acids is 5. The van der Waals surface area contributed by atoms with Crippen LogP contribution in [0, 0.1) is 0 Å². The molecule has 0 saturated heterocycles. The van der Waals surface area contributed by atoms with Crippen molar-refractivity contribution >= 4 is 57.7 Å². The van der Waals surface area contributed by atoms with Gasteiger partial charge in [0.25, 0.3) is 11.8 Å². The van der Waals surface area contributed by atoms with E-state index >= 15 is 0 Å². The Morgan fingerprint density at radius 2 is 1.68 bits per heavy atom. The summed E-state index contributed by atoms with van der Waals surface area (Å²) in [5.41, 5.74) is 10.7. The second-order valence-electron chi connectivity index (χ2n) is 16.7. The van der Waals surface area contributed by atoms with Crippen molar-refractivity contribution in [3.05, 3.63) is 143 Å². The highest BCUT2D eigenvalue weighted by Crippen LogP contribution is 2.42. The van der Waals surface area contributed by atoms with Crippen LogP contribution in [0.5, 0.6) is 0 Å². The minimum Gasteiger partial charge on any atom is -0.445 e. The molecule has 0 aliphatic heterocycles. The van der Waals surface area contributed by atoms with Gasteiger partial charge in [-0.05, 0) is 72.4 Å². The molecule has 0 atom stereocenters. The van der Waals surface area contributed by atoms with E-state index in [2.05, 4.69) is 36.4 Å². The van der Waals surface area contributed by atoms with Gasteiger partial charge in [0.2, 0.25) is 11.8 Å². The van der Waals surface area contributed by atoms with Crippen LogP contribution in [0.3, 0.4) is 0 Å². The van der Waals surface area contributed by atoms with Crippen LogP contribution < -0.4 is 32.7 Å². The number of Topliss-reactive ketones (excluding diaryl/α,β-unsaturated/α-hetero) is 1. The van der Waals surface area contributed by atoms with E-state index < -0.39 is 54.9 Å². The van der Waals surface area contributed by atoms with Crippen LogP contribution in [0.2, 0.25) is 0 Å². The summed E-state index contributed by atoms with van der Waals surface area (Å²) >= 11 is 0. The summed E-state index contributed by atoms with van der Waals surface area (Å²) in [7, 11) is 0. The third kappa shape index (κ3) is 11.3. The van der Waals surface area contributed by atoms with Crippen molar-refractivity contribution in [1.29, 1.82) is 0 Å². The third-order valence-electron chi connectivity index (χ3n) is 11.6. The van der Waals surface area contributed by atoms with Gasteiger partial charge in [0.05, 0.1) is 48.5 Å². The van der Waals surface area contributed by atoms with E-state index in [1.54, 1.807) is 36.5 Å². The predicted molar refractivity (Wildman–Crippen MR) is 252 cm³/mol. The number of pyridine rings is 3. The first kappa shape index (κ1) is 47.1. The molecule has 0 unspecified atom stereocenters. The maximum Gasteiger partial charge on any atom is 0.408 e. The molecule has 7 aromatic rings. The van der Waals surface area contributed by atoms with Crippen molar-refractivity contribution in [2.75, 3.05) is 43.4 Å². The highest BCUT2D eigenvalue weighted by molar-refractivity contribution is 5.99. The van der Waals surface area contributed by atoms with Crippen molar-refractivity contribution in [2.24, 2.45) is 5.73 Å². The first-order valence-corrected chi connectivity index (χ1v) is 21.9.